The number of rotatable bonds is 3. The van der Waals surface area contributed by atoms with Crippen molar-refractivity contribution in [2.24, 2.45) is 0 Å². The maximum atomic E-state index is 12.8. The molecule has 126 valence electrons. The van der Waals surface area contributed by atoms with E-state index in [9.17, 15) is 19.5 Å². The first kappa shape index (κ1) is 16.4. The van der Waals surface area contributed by atoms with E-state index in [-0.39, 0.29) is 11.3 Å². The second-order valence-electron chi connectivity index (χ2n) is 5.53. The first-order valence-electron chi connectivity index (χ1n) is 7.79. The number of imide groups is 2. The van der Waals surface area contributed by atoms with Crippen LogP contribution in [0.1, 0.15) is 18.1 Å². The van der Waals surface area contributed by atoms with Crippen LogP contribution < -0.4 is 10.2 Å². The third kappa shape index (κ3) is 3.14. The lowest BCUT2D eigenvalue weighted by Crippen LogP contribution is -2.54. The number of aromatic hydroxyl groups is 1. The summed E-state index contributed by atoms with van der Waals surface area (Å²) >= 11 is 0. The van der Waals surface area contributed by atoms with E-state index in [4.69, 9.17) is 0 Å². The van der Waals surface area contributed by atoms with Crippen LogP contribution >= 0.6 is 0 Å². The first-order chi connectivity index (χ1) is 12.0. The van der Waals surface area contributed by atoms with Gasteiger partial charge in [-0.05, 0) is 41.8 Å². The number of urea groups is 1. The van der Waals surface area contributed by atoms with E-state index in [1.165, 1.54) is 18.2 Å². The van der Waals surface area contributed by atoms with E-state index in [2.05, 4.69) is 5.32 Å². The van der Waals surface area contributed by atoms with Crippen molar-refractivity contribution in [1.29, 1.82) is 0 Å². The average molecular weight is 336 g/mol. The number of nitrogens with one attached hydrogen (secondary N) is 1. The standard InChI is InChI=1S/C19H16N2O4/c1-2-13-5-3-4-6-16(13)21-18(24)15(17(23)20-19(21)25)11-12-7-9-14(22)10-8-12/h3-11,22H,2H2,1H3,(H,20,23,25)/b15-11-. The fraction of sp³-hybridized carbons (Fsp3) is 0.105. The summed E-state index contributed by atoms with van der Waals surface area (Å²) in [5.41, 5.74) is 1.70. The molecule has 4 amide bonds. The Hall–Kier alpha value is -3.41. The van der Waals surface area contributed by atoms with Crippen LogP contribution in [0.5, 0.6) is 5.75 Å². The molecule has 0 spiro atoms. The third-order valence-corrected chi connectivity index (χ3v) is 3.92. The van der Waals surface area contributed by atoms with Crippen molar-refractivity contribution in [3.05, 3.63) is 65.2 Å². The van der Waals surface area contributed by atoms with Crippen LogP contribution in [0.2, 0.25) is 0 Å². The molecule has 0 bridgehead atoms. The van der Waals surface area contributed by atoms with Gasteiger partial charge in [0.1, 0.15) is 11.3 Å². The van der Waals surface area contributed by atoms with E-state index < -0.39 is 17.8 Å². The topological polar surface area (TPSA) is 86.7 Å². The molecule has 6 heteroatoms. The number of nitrogens with zero attached hydrogens (tertiary/aromatic N) is 1. The predicted molar refractivity (Wildman–Crippen MR) is 92.9 cm³/mol. The summed E-state index contributed by atoms with van der Waals surface area (Å²) in [6.45, 7) is 1.92. The number of carbonyl (C=O) groups is 3. The van der Waals surface area contributed by atoms with Crippen molar-refractivity contribution in [3.8, 4) is 5.75 Å². The molecular formula is C19H16N2O4. The smallest absolute Gasteiger partial charge is 0.335 e. The van der Waals surface area contributed by atoms with E-state index in [1.807, 2.05) is 19.1 Å². The number of para-hydroxylation sites is 1. The van der Waals surface area contributed by atoms with Crippen LogP contribution in [0.4, 0.5) is 10.5 Å². The first-order valence-corrected chi connectivity index (χ1v) is 7.79. The number of hydrogen-bond acceptors (Lipinski definition) is 4. The lowest BCUT2D eigenvalue weighted by Gasteiger charge is -2.27. The molecule has 1 fully saturated rings. The van der Waals surface area contributed by atoms with Gasteiger partial charge in [-0.2, -0.15) is 0 Å². The zero-order valence-corrected chi connectivity index (χ0v) is 13.5. The molecule has 1 aliphatic rings. The molecule has 25 heavy (non-hydrogen) atoms. The fourth-order valence-electron chi connectivity index (χ4n) is 2.64. The highest BCUT2D eigenvalue weighted by molar-refractivity contribution is 6.39. The van der Waals surface area contributed by atoms with Gasteiger partial charge in [-0.1, -0.05) is 37.3 Å². The zero-order valence-electron chi connectivity index (χ0n) is 13.5. The molecule has 0 atom stereocenters. The fourth-order valence-corrected chi connectivity index (χ4v) is 2.64. The van der Waals surface area contributed by atoms with E-state index in [1.54, 1.807) is 24.3 Å². The maximum absolute atomic E-state index is 12.8. The van der Waals surface area contributed by atoms with Crippen molar-refractivity contribution in [3.63, 3.8) is 0 Å². The molecule has 2 aromatic carbocycles. The number of barbiturate groups is 1. The molecule has 0 aliphatic carbocycles. The average Bonchev–Trinajstić information content (AvgIpc) is 2.60. The Bertz CT molecular complexity index is 885. The van der Waals surface area contributed by atoms with Gasteiger partial charge >= 0.3 is 6.03 Å². The highest BCUT2D eigenvalue weighted by Gasteiger charge is 2.37. The largest absolute Gasteiger partial charge is 0.508 e. The number of benzene rings is 2. The molecule has 3 rings (SSSR count). The van der Waals surface area contributed by atoms with Gasteiger partial charge in [0.2, 0.25) is 0 Å². The normalized spacial score (nSPS) is 16.3. The number of hydrogen-bond donors (Lipinski definition) is 2. The van der Waals surface area contributed by atoms with Gasteiger partial charge in [-0.3, -0.25) is 14.9 Å². The van der Waals surface area contributed by atoms with Crippen molar-refractivity contribution >= 4 is 29.6 Å². The Morgan fingerprint density at radius 1 is 1.04 bits per heavy atom. The molecule has 0 radical (unpaired) electrons. The summed E-state index contributed by atoms with van der Waals surface area (Å²) in [5, 5.41) is 11.5. The SMILES string of the molecule is CCc1ccccc1N1C(=O)NC(=O)/C(=C/c2ccc(O)cc2)C1=O. The number of phenolic OH excluding ortho intramolecular Hbond substituents is 1. The van der Waals surface area contributed by atoms with Crippen molar-refractivity contribution < 1.29 is 19.5 Å². The minimum atomic E-state index is -0.765. The molecule has 1 heterocycles. The number of anilines is 1. The van der Waals surface area contributed by atoms with Crippen molar-refractivity contribution in [2.45, 2.75) is 13.3 Å². The molecule has 1 aliphatic heterocycles. The highest BCUT2D eigenvalue weighted by atomic mass is 16.3. The minimum absolute atomic E-state index is 0.0789. The molecule has 2 aromatic rings. The van der Waals surface area contributed by atoms with Crippen LogP contribution in [0.15, 0.2) is 54.1 Å². The lowest BCUT2D eigenvalue weighted by atomic mass is 10.0. The summed E-state index contributed by atoms with van der Waals surface area (Å²) in [6.07, 6.45) is 2.03. The van der Waals surface area contributed by atoms with Crippen molar-refractivity contribution in [2.75, 3.05) is 4.90 Å². The van der Waals surface area contributed by atoms with Gasteiger partial charge in [0.15, 0.2) is 0 Å². The van der Waals surface area contributed by atoms with Crippen LogP contribution in [-0.4, -0.2) is 23.0 Å². The number of amides is 4. The summed E-state index contributed by atoms with van der Waals surface area (Å²) in [7, 11) is 0. The van der Waals surface area contributed by atoms with Crippen LogP contribution in [0.3, 0.4) is 0 Å². The predicted octanol–water partition coefficient (Wildman–Crippen LogP) is 2.62. The third-order valence-electron chi connectivity index (χ3n) is 3.92. The maximum Gasteiger partial charge on any atom is 0.335 e. The summed E-state index contributed by atoms with van der Waals surface area (Å²) in [4.78, 5) is 38.2. The van der Waals surface area contributed by atoms with E-state index in [0.29, 0.717) is 17.7 Å². The van der Waals surface area contributed by atoms with Gasteiger partial charge in [-0.15, -0.1) is 0 Å². The molecule has 0 saturated carbocycles. The molecule has 0 unspecified atom stereocenters. The minimum Gasteiger partial charge on any atom is -0.508 e. The van der Waals surface area contributed by atoms with Gasteiger partial charge in [0.05, 0.1) is 5.69 Å². The Labute approximate surface area is 144 Å². The molecule has 1 saturated heterocycles. The van der Waals surface area contributed by atoms with Gasteiger partial charge < -0.3 is 5.11 Å². The Balaban J connectivity index is 2.04. The Morgan fingerprint density at radius 2 is 1.72 bits per heavy atom. The van der Waals surface area contributed by atoms with Crippen LogP contribution in [-0.2, 0) is 16.0 Å². The van der Waals surface area contributed by atoms with Crippen LogP contribution in [0, 0.1) is 0 Å². The molecule has 0 aromatic heterocycles. The lowest BCUT2D eigenvalue weighted by molar-refractivity contribution is -0.122. The van der Waals surface area contributed by atoms with Crippen LogP contribution in [0.25, 0.3) is 6.08 Å². The summed E-state index contributed by atoms with van der Waals surface area (Å²) in [6, 6.07) is 12.3. The quantitative estimate of drug-likeness (QED) is 0.666. The number of aryl methyl sites for hydroxylation is 1. The highest BCUT2D eigenvalue weighted by Crippen LogP contribution is 2.26. The number of phenols is 1. The summed E-state index contributed by atoms with van der Waals surface area (Å²) < 4.78 is 0. The molecular weight excluding hydrogens is 320 g/mol. The second kappa shape index (κ2) is 6.60. The second-order valence-corrected chi connectivity index (χ2v) is 5.53. The Kier molecular flexibility index (Phi) is 4.35. The van der Waals surface area contributed by atoms with E-state index >= 15 is 0 Å². The monoisotopic (exact) mass is 336 g/mol. The number of carbonyl (C=O) groups excluding carboxylic acids is 3. The molecule has 2 N–H and O–H groups in total. The Morgan fingerprint density at radius 3 is 2.40 bits per heavy atom. The van der Waals surface area contributed by atoms with Gasteiger partial charge in [-0.25, -0.2) is 9.69 Å². The molecule has 6 nitrogen and oxygen atoms in total. The van der Waals surface area contributed by atoms with Gasteiger partial charge in [0.25, 0.3) is 11.8 Å². The summed E-state index contributed by atoms with van der Waals surface area (Å²) in [5.74, 6) is -1.34. The van der Waals surface area contributed by atoms with E-state index in [0.717, 1.165) is 10.5 Å². The van der Waals surface area contributed by atoms with Gasteiger partial charge in [0, 0.05) is 0 Å². The zero-order chi connectivity index (χ0) is 18.0. The van der Waals surface area contributed by atoms with Crippen molar-refractivity contribution in [1.82, 2.24) is 5.32 Å².